The maximum atomic E-state index is 11.9. The van der Waals surface area contributed by atoms with Crippen LogP contribution >= 0.6 is 11.6 Å². The van der Waals surface area contributed by atoms with Gasteiger partial charge in [-0.3, -0.25) is 5.32 Å². The Kier molecular flexibility index (Phi) is 3.84. The summed E-state index contributed by atoms with van der Waals surface area (Å²) >= 11 is 5.73. The largest absolute Gasteiger partial charge is 0.324 e. The quantitative estimate of drug-likeness (QED) is 0.836. The monoisotopic (exact) mass is 253 g/mol. The van der Waals surface area contributed by atoms with Gasteiger partial charge in [0.05, 0.1) is 5.02 Å². The fourth-order valence-electron chi connectivity index (χ4n) is 2.01. The SMILES string of the molecule is CC1CCCN(C(=O)Nc2ccc(Cl)cn2)C1. The standard InChI is InChI=1S/C12H16ClN3O/c1-9-3-2-6-16(8-9)12(17)15-11-5-4-10(13)7-14-11/h4-5,7,9H,2-3,6,8H2,1H3,(H,14,15,17). The van der Waals surface area contributed by atoms with E-state index >= 15 is 0 Å². The Balaban J connectivity index is 1.94. The van der Waals surface area contributed by atoms with Gasteiger partial charge in [0.15, 0.2) is 0 Å². The molecule has 1 aliphatic rings. The van der Waals surface area contributed by atoms with Gasteiger partial charge >= 0.3 is 6.03 Å². The molecule has 1 saturated heterocycles. The van der Waals surface area contributed by atoms with Crippen molar-refractivity contribution in [1.82, 2.24) is 9.88 Å². The van der Waals surface area contributed by atoms with Crippen molar-refractivity contribution in [3.8, 4) is 0 Å². The van der Waals surface area contributed by atoms with Crippen molar-refractivity contribution in [1.29, 1.82) is 0 Å². The van der Waals surface area contributed by atoms with Crippen LogP contribution in [0.1, 0.15) is 19.8 Å². The number of carbonyl (C=O) groups is 1. The summed E-state index contributed by atoms with van der Waals surface area (Å²) < 4.78 is 0. The molecule has 1 atom stereocenters. The first-order chi connectivity index (χ1) is 8.15. The molecular formula is C12H16ClN3O. The van der Waals surface area contributed by atoms with Crippen LogP contribution in [-0.4, -0.2) is 29.0 Å². The molecule has 1 unspecified atom stereocenters. The van der Waals surface area contributed by atoms with Crippen LogP contribution in [0.4, 0.5) is 10.6 Å². The van der Waals surface area contributed by atoms with Crippen molar-refractivity contribution in [3.63, 3.8) is 0 Å². The summed E-state index contributed by atoms with van der Waals surface area (Å²) in [7, 11) is 0. The average molecular weight is 254 g/mol. The van der Waals surface area contributed by atoms with Crippen LogP contribution < -0.4 is 5.32 Å². The number of urea groups is 1. The summed E-state index contributed by atoms with van der Waals surface area (Å²) in [5, 5.41) is 3.34. The maximum absolute atomic E-state index is 11.9. The molecule has 0 aliphatic carbocycles. The van der Waals surface area contributed by atoms with Crippen LogP contribution in [0, 0.1) is 5.92 Å². The van der Waals surface area contributed by atoms with Gasteiger partial charge in [0.1, 0.15) is 5.82 Å². The first-order valence-corrected chi connectivity index (χ1v) is 6.20. The summed E-state index contributed by atoms with van der Waals surface area (Å²) in [5.74, 6) is 1.12. The lowest BCUT2D eigenvalue weighted by Crippen LogP contribution is -2.41. The number of anilines is 1. The highest BCUT2D eigenvalue weighted by Crippen LogP contribution is 2.16. The number of piperidine rings is 1. The van der Waals surface area contributed by atoms with E-state index in [9.17, 15) is 4.79 Å². The highest BCUT2D eigenvalue weighted by atomic mass is 35.5. The zero-order valence-corrected chi connectivity index (χ0v) is 10.6. The molecule has 0 spiro atoms. The van der Waals surface area contributed by atoms with E-state index in [0.29, 0.717) is 16.8 Å². The number of carbonyl (C=O) groups excluding carboxylic acids is 1. The van der Waals surface area contributed by atoms with Crippen molar-refractivity contribution in [2.24, 2.45) is 5.92 Å². The lowest BCUT2D eigenvalue weighted by Gasteiger charge is -2.30. The first-order valence-electron chi connectivity index (χ1n) is 5.82. The highest BCUT2D eigenvalue weighted by Gasteiger charge is 2.20. The summed E-state index contributed by atoms with van der Waals surface area (Å²) in [6.07, 6.45) is 3.79. The van der Waals surface area contributed by atoms with Crippen LogP contribution in [-0.2, 0) is 0 Å². The second-order valence-corrected chi connectivity index (χ2v) is 4.92. The van der Waals surface area contributed by atoms with Gasteiger partial charge in [0, 0.05) is 19.3 Å². The Labute approximate surface area is 106 Å². The van der Waals surface area contributed by atoms with Gasteiger partial charge < -0.3 is 4.90 Å². The Bertz CT molecular complexity index is 393. The van der Waals surface area contributed by atoms with Crippen LogP contribution in [0.25, 0.3) is 0 Å². The summed E-state index contributed by atoms with van der Waals surface area (Å²) in [4.78, 5) is 17.8. The second kappa shape index (κ2) is 5.36. The Morgan fingerprint density at radius 1 is 1.59 bits per heavy atom. The number of hydrogen-bond donors (Lipinski definition) is 1. The molecule has 0 saturated carbocycles. The minimum Gasteiger partial charge on any atom is -0.324 e. The Hall–Kier alpha value is -1.29. The molecule has 1 aliphatic heterocycles. The molecule has 0 bridgehead atoms. The maximum Gasteiger partial charge on any atom is 0.323 e. The topological polar surface area (TPSA) is 45.2 Å². The minimum atomic E-state index is -0.0774. The van der Waals surface area contributed by atoms with E-state index in [2.05, 4.69) is 17.2 Å². The fraction of sp³-hybridized carbons (Fsp3) is 0.500. The average Bonchev–Trinajstić information content (AvgIpc) is 2.32. The highest BCUT2D eigenvalue weighted by molar-refractivity contribution is 6.30. The molecule has 92 valence electrons. The normalized spacial score (nSPS) is 20.1. The molecule has 2 amide bonds. The molecule has 1 aromatic rings. The molecule has 0 radical (unpaired) electrons. The lowest BCUT2D eigenvalue weighted by molar-refractivity contribution is 0.182. The van der Waals surface area contributed by atoms with Gasteiger partial charge in [0.2, 0.25) is 0 Å². The van der Waals surface area contributed by atoms with Gasteiger partial charge in [-0.05, 0) is 30.9 Å². The number of pyridine rings is 1. The van der Waals surface area contributed by atoms with Gasteiger partial charge in [-0.25, -0.2) is 9.78 Å². The Morgan fingerprint density at radius 2 is 2.41 bits per heavy atom. The van der Waals surface area contributed by atoms with Gasteiger partial charge in [0.25, 0.3) is 0 Å². The van der Waals surface area contributed by atoms with E-state index in [1.807, 2.05) is 4.90 Å². The molecule has 4 nitrogen and oxygen atoms in total. The van der Waals surface area contributed by atoms with E-state index in [4.69, 9.17) is 11.6 Å². The molecule has 2 rings (SSSR count). The zero-order chi connectivity index (χ0) is 12.3. The zero-order valence-electron chi connectivity index (χ0n) is 9.82. The van der Waals surface area contributed by atoms with E-state index < -0.39 is 0 Å². The number of amides is 2. The van der Waals surface area contributed by atoms with Crippen LogP contribution in [0.5, 0.6) is 0 Å². The van der Waals surface area contributed by atoms with Gasteiger partial charge in [-0.1, -0.05) is 18.5 Å². The van der Waals surface area contributed by atoms with E-state index in [1.54, 1.807) is 12.1 Å². The summed E-state index contributed by atoms with van der Waals surface area (Å²) in [6.45, 7) is 3.81. The minimum absolute atomic E-state index is 0.0774. The summed E-state index contributed by atoms with van der Waals surface area (Å²) in [6, 6.07) is 3.34. The molecule has 1 aromatic heterocycles. The fourth-order valence-corrected chi connectivity index (χ4v) is 2.12. The third-order valence-corrected chi connectivity index (χ3v) is 3.13. The van der Waals surface area contributed by atoms with Crippen molar-refractivity contribution in [2.75, 3.05) is 18.4 Å². The first kappa shape index (κ1) is 12.2. The number of nitrogens with zero attached hydrogens (tertiary/aromatic N) is 2. The number of hydrogen-bond acceptors (Lipinski definition) is 2. The van der Waals surface area contributed by atoms with Crippen molar-refractivity contribution >= 4 is 23.4 Å². The van der Waals surface area contributed by atoms with Crippen LogP contribution in [0.2, 0.25) is 5.02 Å². The molecule has 17 heavy (non-hydrogen) atoms. The molecule has 5 heteroatoms. The molecule has 0 aromatic carbocycles. The number of rotatable bonds is 1. The lowest BCUT2D eigenvalue weighted by atomic mass is 10.0. The van der Waals surface area contributed by atoms with Crippen molar-refractivity contribution in [2.45, 2.75) is 19.8 Å². The predicted molar refractivity (Wildman–Crippen MR) is 68.2 cm³/mol. The smallest absolute Gasteiger partial charge is 0.323 e. The number of halogens is 1. The second-order valence-electron chi connectivity index (χ2n) is 4.49. The molecule has 1 fully saturated rings. The van der Waals surface area contributed by atoms with Crippen molar-refractivity contribution in [3.05, 3.63) is 23.4 Å². The summed E-state index contributed by atoms with van der Waals surface area (Å²) in [5.41, 5.74) is 0. The number of likely N-dealkylation sites (tertiary alicyclic amines) is 1. The predicted octanol–water partition coefficient (Wildman–Crippen LogP) is 3.00. The Morgan fingerprint density at radius 3 is 3.06 bits per heavy atom. The van der Waals surface area contributed by atoms with Crippen LogP contribution in [0.15, 0.2) is 18.3 Å². The number of aromatic nitrogens is 1. The molecule has 2 heterocycles. The van der Waals surface area contributed by atoms with E-state index in [0.717, 1.165) is 19.5 Å². The van der Waals surface area contributed by atoms with E-state index in [1.165, 1.54) is 12.6 Å². The van der Waals surface area contributed by atoms with Crippen molar-refractivity contribution < 1.29 is 4.79 Å². The third kappa shape index (κ3) is 3.33. The third-order valence-electron chi connectivity index (χ3n) is 2.91. The van der Waals surface area contributed by atoms with Crippen LogP contribution in [0.3, 0.4) is 0 Å². The molecular weight excluding hydrogens is 238 g/mol. The number of nitrogens with one attached hydrogen (secondary N) is 1. The van der Waals surface area contributed by atoms with Gasteiger partial charge in [-0.15, -0.1) is 0 Å². The molecule has 1 N–H and O–H groups in total. The van der Waals surface area contributed by atoms with Gasteiger partial charge in [-0.2, -0.15) is 0 Å². The van der Waals surface area contributed by atoms with E-state index in [-0.39, 0.29) is 6.03 Å².